The number of aryl methyl sites for hydroxylation is 1. The minimum Gasteiger partial charge on any atom is -0.210 e. The van der Waals surface area contributed by atoms with E-state index in [0.29, 0.717) is 28.6 Å². The van der Waals surface area contributed by atoms with Crippen molar-refractivity contribution in [2.24, 2.45) is 11.8 Å². The second-order valence-electron chi connectivity index (χ2n) is 4.98. The number of thiophene rings is 1. The summed E-state index contributed by atoms with van der Waals surface area (Å²) in [6.45, 7) is 2.27. The van der Waals surface area contributed by atoms with Crippen LogP contribution in [0.15, 0.2) is 10.3 Å². The van der Waals surface area contributed by atoms with Crippen molar-refractivity contribution in [3.63, 3.8) is 0 Å². The van der Waals surface area contributed by atoms with Crippen LogP contribution >= 0.6 is 34.5 Å². The summed E-state index contributed by atoms with van der Waals surface area (Å²) in [4.78, 5) is 0. The molecule has 2 atom stereocenters. The summed E-state index contributed by atoms with van der Waals surface area (Å²) in [6.07, 6.45) is 3.28. The Morgan fingerprint density at radius 2 is 2.11 bits per heavy atom. The van der Waals surface area contributed by atoms with Gasteiger partial charge in [-0.2, -0.15) is 0 Å². The lowest BCUT2D eigenvalue weighted by atomic mass is 9.98. The molecule has 0 bridgehead atoms. The fraction of sp³-hybridized carbons (Fsp3) is 0.667. The molecular formula is C12H17Cl2NO2S2. The topological polar surface area (TPSA) is 46.2 Å². The highest BCUT2D eigenvalue weighted by Crippen LogP contribution is 2.33. The van der Waals surface area contributed by atoms with Crippen LogP contribution in [-0.4, -0.2) is 20.8 Å². The Morgan fingerprint density at radius 3 is 2.68 bits per heavy atom. The molecule has 19 heavy (non-hydrogen) atoms. The summed E-state index contributed by atoms with van der Waals surface area (Å²) in [6, 6.07) is 1.61. The van der Waals surface area contributed by atoms with Gasteiger partial charge < -0.3 is 0 Å². The second kappa shape index (κ2) is 6.31. The second-order valence-corrected chi connectivity index (χ2v) is 8.94. The zero-order chi connectivity index (χ0) is 14.0. The molecule has 3 nitrogen and oxygen atoms in total. The number of alkyl halides is 1. The molecule has 0 spiro atoms. The molecule has 1 aromatic heterocycles. The van der Waals surface area contributed by atoms with Gasteiger partial charge in [-0.3, -0.25) is 0 Å². The van der Waals surface area contributed by atoms with E-state index >= 15 is 0 Å². The summed E-state index contributed by atoms with van der Waals surface area (Å²) in [5.41, 5.74) is 0.798. The van der Waals surface area contributed by atoms with E-state index < -0.39 is 10.0 Å². The highest BCUT2D eigenvalue weighted by atomic mass is 35.5. The normalized spacial score (nSPS) is 23.9. The third kappa shape index (κ3) is 3.64. The first-order valence-corrected chi connectivity index (χ1v) is 9.47. The Hall–Kier alpha value is 0.190. The first kappa shape index (κ1) is 15.6. The lowest BCUT2D eigenvalue weighted by molar-refractivity contribution is 0.418. The number of halogens is 2. The molecule has 1 fully saturated rings. The predicted molar refractivity (Wildman–Crippen MR) is 80.8 cm³/mol. The molecule has 0 aliphatic heterocycles. The summed E-state index contributed by atoms with van der Waals surface area (Å²) in [7, 11) is -3.44. The Bertz CT molecular complexity index is 522. The summed E-state index contributed by atoms with van der Waals surface area (Å²) in [5, 5.41) is 0. The molecule has 1 aromatic rings. The van der Waals surface area contributed by atoms with Gasteiger partial charge in [0.25, 0.3) is 0 Å². The van der Waals surface area contributed by atoms with Crippen LogP contribution in [0.5, 0.6) is 0 Å². The lowest BCUT2D eigenvalue weighted by Gasteiger charge is -2.17. The first-order chi connectivity index (χ1) is 8.94. The zero-order valence-electron chi connectivity index (χ0n) is 10.7. The van der Waals surface area contributed by atoms with Crippen LogP contribution in [-0.2, 0) is 10.0 Å². The lowest BCUT2D eigenvalue weighted by Crippen LogP contribution is -2.30. The van der Waals surface area contributed by atoms with Crippen molar-refractivity contribution in [1.29, 1.82) is 0 Å². The van der Waals surface area contributed by atoms with Gasteiger partial charge in [0, 0.05) is 12.4 Å². The van der Waals surface area contributed by atoms with E-state index in [9.17, 15) is 8.42 Å². The van der Waals surface area contributed by atoms with Gasteiger partial charge >= 0.3 is 0 Å². The summed E-state index contributed by atoms with van der Waals surface area (Å²) < 4.78 is 27.8. The maximum atomic E-state index is 12.2. The van der Waals surface area contributed by atoms with E-state index in [2.05, 4.69) is 4.72 Å². The van der Waals surface area contributed by atoms with Gasteiger partial charge in [0.15, 0.2) is 0 Å². The van der Waals surface area contributed by atoms with E-state index in [1.54, 1.807) is 13.0 Å². The van der Waals surface area contributed by atoms with Crippen molar-refractivity contribution in [2.75, 3.05) is 12.4 Å². The fourth-order valence-electron chi connectivity index (χ4n) is 2.44. The largest absolute Gasteiger partial charge is 0.250 e. The molecule has 0 aromatic carbocycles. The van der Waals surface area contributed by atoms with Gasteiger partial charge in [0.2, 0.25) is 10.0 Å². The zero-order valence-corrected chi connectivity index (χ0v) is 13.8. The van der Waals surface area contributed by atoms with E-state index in [1.807, 2.05) is 0 Å². The third-order valence-electron chi connectivity index (χ3n) is 3.65. The van der Waals surface area contributed by atoms with Gasteiger partial charge in [0.1, 0.15) is 4.21 Å². The van der Waals surface area contributed by atoms with Crippen LogP contribution in [0, 0.1) is 18.8 Å². The number of sulfonamides is 1. The smallest absolute Gasteiger partial charge is 0.210 e. The SMILES string of the molecule is Cc1cc(S(=O)(=O)NCC2CCCC2CCl)sc1Cl. The number of hydrogen-bond acceptors (Lipinski definition) is 3. The maximum Gasteiger partial charge on any atom is 0.250 e. The Kier molecular flexibility index (Phi) is 5.17. The van der Waals surface area contributed by atoms with Crippen molar-refractivity contribution >= 4 is 44.6 Å². The molecule has 1 heterocycles. The highest BCUT2D eigenvalue weighted by Gasteiger charge is 2.28. The van der Waals surface area contributed by atoms with Crippen LogP contribution in [0.1, 0.15) is 24.8 Å². The monoisotopic (exact) mass is 341 g/mol. The van der Waals surface area contributed by atoms with Crippen LogP contribution in [0.3, 0.4) is 0 Å². The maximum absolute atomic E-state index is 12.2. The fourth-order valence-corrected chi connectivity index (χ4v) is 5.69. The molecule has 1 aliphatic carbocycles. The molecule has 1 saturated carbocycles. The molecule has 2 unspecified atom stereocenters. The van der Waals surface area contributed by atoms with Gasteiger partial charge in [-0.1, -0.05) is 18.0 Å². The van der Waals surface area contributed by atoms with E-state index in [1.165, 1.54) is 0 Å². The quantitative estimate of drug-likeness (QED) is 0.831. The molecule has 0 amide bonds. The van der Waals surface area contributed by atoms with Gasteiger partial charge in [-0.05, 0) is 43.2 Å². The van der Waals surface area contributed by atoms with Crippen LogP contribution in [0.4, 0.5) is 0 Å². The molecule has 1 aliphatic rings. The minimum atomic E-state index is -3.44. The van der Waals surface area contributed by atoms with Gasteiger partial charge in [0.05, 0.1) is 4.34 Å². The standard InChI is InChI=1S/C12H17Cl2NO2S2/c1-8-5-11(18-12(8)14)19(16,17)15-7-10-4-2-3-9(10)6-13/h5,9-10,15H,2-4,6-7H2,1H3. The van der Waals surface area contributed by atoms with Crippen LogP contribution in [0.2, 0.25) is 4.34 Å². The predicted octanol–water partition coefficient (Wildman–Crippen LogP) is 3.64. The third-order valence-corrected chi connectivity index (χ3v) is 7.50. The van der Waals surface area contributed by atoms with Crippen molar-refractivity contribution in [2.45, 2.75) is 30.4 Å². The highest BCUT2D eigenvalue weighted by molar-refractivity contribution is 7.91. The van der Waals surface area contributed by atoms with Gasteiger partial charge in [-0.15, -0.1) is 22.9 Å². The number of rotatable bonds is 5. The van der Waals surface area contributed by atoms with Gasteiger partial charge in [-0.25, -0.2) is 13.1 Å². The Morgan fingerprint density at radius 1 is 1.42 bits per heavy atom. The van der Waals surface area contributed by atoms with Crippen LogP contribution < -0.4 is 4.72 Å². The molecule has 0 radical (unpaired) electrons. The van der Waals surface area contributed by atoms with Crippen molar-refractivity contribution in [1.82, 2.24) is 4.72 Å². The molecule has 1 N–H and O–H groups in total. The van der Waals surface area contributed by atoms with Crippen molar-refractivity contribution in [3.8, 4) is 0 Å². The van der Waals surface area contributed by atoms with Crippen molar-refractivity contribution < 1.29 is 8.42 Å². The molecule has 108 valence electrons. The minimum absolute atomic E-state index is 0.287. The number of hydrogen-bond donors (Lipinski definition) is 1. The molecule has 0 saturated heterocycles. The van der Waals surface area contributed by atoms with Crippen LogP contribution in [0.25, 0.3) is 0 Å². The summed E-state index contributed by atoms with van der Waals surface area (Å²) >= 11 is 12.9. The Balaban J connectivity index is 2.02. The van der Waals surface area contributed by atoms with E-state index in [0.717, 1.165) is 36.2 Å². The molecule has 2 rings (SSSR count). The van der Waals surface area contributed by atoms with E-state index in [4.69, 9.17) is 23.2 Å². The van der Waals surface area contributed by atoms with Crippen molar-refractivity contribution in [3.05, 3.63) is 16.0 Å². The average molecular weight is 342 g/mol. The molecular weight excluding hydrogens is 325 g/mol. The summed E-state index contributed by atoms with van der Waals surface area (Å²) in [5.74, 6) is 1.39. The molecule has 7 heteroatoms. The Labute approximate surface area is 128 Å². The average Bonchev–Trinajstić information content (AvgIpc) is 2.94. The first-order valence-electron chi connectivity index (χ1n) is 6.25. The number of nitrogens with one attached hydrogen (secondary N) is 1. The van der Waals surface area contributed by atoms with E-state index in [-0.39, 0.29) is 4.21 Å².